The van der Waals surface area contributed by atoms with Crippen molar-refractivity contribution in [2.24, 2.45) is 5.73 Å². The molecule has 0 aromatic rings. The van der Waals surface area contributed by atoms with Crippen LogP contribution in [0.15, 0.2) is 70.7 Å². The molecule has 6 heteroatoms. The third-order valence-corrected chi connectivity index (χ3v) is 5.68. The topological polar surface area (TPSA) is 79.6 Å². The number of nitrogens with one attached hydrogen (secondary N) is 2. The van der Waals surface area contributed by atoms with Crippen molar-refractivity contribution in [2.45, 2.75) is 60.3 Å². The van der Waals surface area contributed by atoms with E-state index in [9.17, 15) is 4.79 Å². The van der Waals surface area contributed by atoms with Crippen molar-refractivity contribution < 1.29 is 9.53 Å². The van der Waals surface area contributed by atoms with E-state index in [0.717, 1.165) is 56.9 Å². The number of nitrogens with two attached hydrogens (primary N) is 1. The van der Waals surface area contributed by atoms with Crippen LogP contribution in [0.4, 0.5) is 0 Å². The normalized spacial score (nSPS) is 17.3. The minimum Gasteiger partial charge on any atom is -0.498 e. The summed E-state index contributed by atoms with van der Waals surface area (Å²) in [5.74, 6) is 0.803. The van der Waals surface area contributed by atoms with Crippen LogP contribution in [0.25, 0.3) is 0 Å². The fourth-order valence-electron chi connectivity index (χ4n) is 3.93. The lowest BCUT2D eigenvalue weighted by molar-refractivity contribution is -0.121. The lowest BCUT2D eigenvalue weighted by Gasteiger charge is -2.21. The molecule has 0 fully saturated rings. The Kier molecular flexibility index (Phi) is 16.3. The molecule has 1 rings (SSSR count). The van der Waals surface area contributed by atoms with Gasteiger partial charge in [-0.15, -0.1) is 0 Å². The van der Waals surface area contributed by atoms with E-state index in [1.54, 1.807) is 0 Å². The van der Waals surface area contributed by atoms with Gasteiger partial charge in [-0.1, -0.05) is 49.8 Å². The number of carbonyl (C=O) groups excluding carboxylic acids is 1. The van der Waals surface area contributed by atoms with Crippen molar-refractivity contribution >= 4 is 5.91 Å². The molecule has 0 radical (unpaired) electrons. The Balaban J connectivity index is 2.40. The zero-order valence-corrected chi connectivity index (χ0v) is 22.7. The maximum absolute atomic E-state index is 12.2. The fraction of sp³-hybridized carbons (Fsp3) is 0.552. The zero-order chi connectivity index (χ0) is 25.9. The number of carbonyl (C=O) groups is 1. The van der Waals surface area contributed by atoms with Gasteiger partial charge in [-0.3, -0.25) is 9.69 Å². The third kappa shape index (κ3) is 13.2. The number of hydrogen-bond acceptors (Lipinski definition) is 5. The quantitative estimate of drug-likeness (QED) is 0.218. The Hall–Kier alpha value is -2.57. The van der Waals surface area contributed by atoms with Crippen molar-refractivity contribution in [3.63, 3.8) is 0 Å². The van der Waals surface area contributed by atoms with Gasteiger partial charge in [-0.25, -0.2) is 0 Å². The summed E-state index contributed by atoms with van der Waals surface area (Å²) in [5, 5.41) is 6.42. The molecular formula is C29H48N4O2. The second-order valence-corrected chi connectivity index (χ2v) is 8.72. The first-order valence-corrected chi connectivity index (χ1v) is 13.1. The van der Waals surface area contributed by atoms with E-state index in [-0.39, 0.29) is 5.91 Å². The molecule has 1 aliphatic rings. The molecular weight excluding hydrogens is 436 g/mol. The van der Waals surface area contributed by atoms with E-state index < -0.39 is 0 Å². The van der Waals surface area contributed by atoms with Crippen LogP contribution in [0.1, 0.15) is 60.3 Å². The van der Waals surface area contributed by atoms with Crippen molar-refractivity contribution in [3.05, 3.63) is 70.7 Å². The molecule has 35 heavy (non-hydrogen) atoms. The highest BCUT2D eigenvalue weighted by Crippen LogP contribution is 2.23. The summed E-state index contributed by atoms with van der Waals surface area (Å²) in [7, 11) is 0. The molecule has 1 heterocycles. The maximum atomic E-state index is 12.2. The van der Waals surface area contributed by atoms with Crippen LogP contribution in [0.5, 0.6) is 0 Å². The van der Waals surface area contributed by atoms with E-state index in [1.807, 2.05) is 26.0 Å². The first-order chi connectivity index (χ1) is 16.9. The lowest BCUT2D eigenvalue weighted by Crippen LogP contribution is -2.35. The van der Waals surface area contributed by atoms with Gasteiger partial charge in [-0.2, -0.15) is 0 Å². The van der Waals surface area contributed by atoms with Crippen molar-refractivity contribution in [3.8, 4) is 0 Å². The maximum Gasteiger partial charge on any atom is 0.223 e. The summed E-state index contributed by atoms with van der Waals surface area (Å²) in [6.45, 7) is 15.6. The van der Waals surface area contributed by atoms with Crippen LogP contribution in [0.2, 0.25) is 0 Å². The van der Waals surface area contributed by atoms with Gasteiger partial charge in [0.2, 0.25) is 5.91 Å². The highest BCUT2D eigenvalue weighted by molar-refractivity contribution is 5.75. The van der Waals surface area contributed by atoms with Crippen LogP contribution in [0, 0.1) is 0 Å². The van der Waals surface area contributed by atoms with Gasteiger partial charge in [0, 0.05) is 31.9 Å². The third-order valence-electron chi connectivity index (χ3n) is 5.68. The monoisotopic (exact) mass is 484 g/mol. The van der Waals surface area contributed by atoms with Gasteiger partial charge >= 0.3 is 0 Å². The average molecular weight is 485 g/mol. The summed E-state index contributed by atoms with van der Waals surface area (Å²) in [6.07, 6.45) is 18.2. The van der Waals surface area contributed by atoms with Gasteiger partial charge in [0.15, 0.2) is 0 Å². The standard InChI is InChI=1S/C29H48N4O2/c1-6-10-24(4)11-9-21-33(20-7-2)22-19-32-29(34)16-23-35-25(5)12-13-28-27(8-3)26(14-17-30)15-18-31-28/h8-13,15,31H,6-7,14,16-23,30H2,1-5H3,(H,32,34)/b11-9-,24-10+,25-12+,27-8-,28-13+. The van der Waals surface area contributed by atoms with Crippen molar-refractivity contribution in [2.75, 3.05) is 45.9 Å². The van der Waals surface area contributed by atoms with E-state index in [2.05, 4.69) is 66.7 Å². The average Bonchev–Trinajstić information content (AvgIpc) is 2.83. The molecule has 0 aromatic heterocycles. The minimum absolute atomic E-state index is 0.0200. The number of allylic oxidation sites excluding steroid dienone is 8. The first kappa shape index (κ1) is 30.5. The molecule has 196 valence electrons. The smallest absolute Gasteiger partial charge is 0.223 e. The molecule has 4 N–H and O–H groups in total. The summed E-state index contributed by atoms with van der Waals surface area (Å²) >= 11 is 0. The van der Waals surface area contributed by atoms with E-state index >= 15 is 0 Å². The number of ether oxygens (including phenoxy) is 1. The van der Waals surface area contributed by atoms with Crippen LogP contribution in [-0.2, 0) is 9.53 Å². The first-order valence-electron chi connectivity index (χ1n) is 13.1. The Morgan fingerprint density at radius 1 is 1.29 bits per heavy atom. The number of amides is 1. The molecule has 0 saturated heterocycles. The zero-order valence-electron chi connectivity index (χ0n) is 22.7. The Labute approximate surface area is 213 Å². The summed E-state index contributed by atoms with van der Waals surface area (Å²) in [6, 6.07) is 0. The Morgan fingerprint density at radius 2 is 2.09 bits per heavy atom. The predicted molar refractivity (Wildman–Crippen MR) is 149 cm³/mol. The summed E-state index contributed by atoms with van der Waals surface area (Å²) in [5.41, 5.74) is 10.6. The minimum atomic E-state index is 0.0200. The van der Waals surface area contributed by atoms with Gasteiger partial charge in [-0.05, 0) is 76.4 Å². The molecule has 0 saturated carbocycles. The van der Waals surface area contributed by atoms with Gasteiger partial charge in [0.1, 0.15) is 0 Å². The van der Waals surface area contributed by atoms with Crippen LogP contribution >= 0.6 is 0 Å². The highest BCUT2D eigenvalue weighted by atomic mass is 16.5. The summed E-state index contributed by atoms with van der Waals surface area (Å²) in [4.78, 5) is 14.6. The van der Waals surface area contributed by atoms with E-state index in [1.165, 1.54) is 16.7 Å². The highest BCUT2D eigenvalue weighted by Gasteiger charge is 2.13. The SMILES string of the molecule is C/C=C1/C(CCN)=CCN/C1=C/C=C(\C)OCCC(=O)NCCN(C/C=C\C(C)=C\CC)CCC. The molecule has 1 aliphatic heterocycles. The van der Waals surface area contributed by atoms with Gasteiger partial charge in [0.25, 0.3) is 0 Å². The van der Waals surface area contributed by atoms with E-state index in [0.29, 0.717) is 26.1 Å². The molecule has 0 bridgehead atoms. The molecule has 0 atom stereocenters. The number of rotatable bonds is 16. The second kappa shape index (κ2) is 18.7. The number of hydrogen-bond donors (Lipinski definition) is 3. The van der Waals surface area contributed by atoms with Crippen LogP contribution in [0.3, 0.4) is 0 Å². The molecule has 0 aliphatic carbocycles. The largest absolute Gasteiger partial charge is 0.498 e. The Morgan fingerprint density at radius 3 is 2.77 bits per heavy atom. The van der Waals surface area contributed by atoms with Crippen LogP contribution in [-0.4, -0.2) is 56.7 Å². The molecule has 1 amide bonds. The fourth-order valence-corrected chi connectivity index (χ4v) is 3.93. The second-order valence-electron chi connectivity index (χ2n) is 8.72. The number of nitrogens with zero attached hydrogens (tertiary/aromatic N) is 1. The molecule has 0 spiro atoms. The van der Waals surface area contributed by atoms with Gasteiger partial charge < -0.3 is 21.1 Å². The Bertz CT molecular complexity index is 819. The lowest BCUT2D eigenvalue weighted by atomic mass is 9.96. The molecule has 0 aromatic carbocycles. The molecule has 0 unspecified atom stereocenters. The van der Waals surface area contributed by atoms with E-state index in [4.69, 9.17) is 10.5 Å². The summed E-state index contributed by atoms with van der Waals surface area (Å²) < 4.78 is 5.76. The molecule has 6 nitrogen and oxygen atoms in total. The van der Waals surface area contributed by atoms with Crippen molar-refractivity contribution in [1.29, 1.82) is 0 Å². The van der Waals surface area contributed by atoms with Gasteiger partial charge in [0.05, 0.1) is 18.8 Å². The van der Waals surface area contributed by atoms with Crippen LogP contribution < -0.4 is 16.4 Å². The predicted octanol–water partition coefficient (Wildman–Crippen LogP) is 4.75. The van der Waals surface area contributed by atoms with Crippen molar-refractivity contribution in [1.82, 2.24) is 15.5 Å².